The van der Waals surface area contributed by atoms with Crippen molar-refractivity contribution in [1.29, 1.82) is 5.26 Å². The van der Waals surface area contributed by atoms with E-state index in [1.165, 1.54) is 0 Å². The van der Waals surface area contributed by atoms with Crippen LogP contribution in [0.25, 0.3) is 0 Å². The fourth-order valence-corrected chi connectivity index (χ4v) is 4.34. The van der Waals surface area contributed by atoms with Gasteiger partial charge in [0.2, 0.25) is 0 Å². The lowest BCUT2D eigenvalue weighted by Crippen LogP contribution is -2.39. The van der Waals surface area contributed by atoms with Crippen LogP contribution in [0.5, 0.6) is 0 Å². The van der Waals surface area contributed by atoms with Gasteiger partial charge >= 0.3 is 0 Å². The van der Waals surface area contributed by atoms with Crippen molar-refractivity contribution in [2.24, 2.45) is 0 Å². The number of rotatable bonds is 12. The zero-order valence-electron chi connectivity index (χ0n) is 21.4. The molecule has 1 aliphatic rings. The summed E-state index contributed by atoms with van der Waals surface area (Å²) in [5, 5.41) is 9.99. The minimum atomic E-state index is -0.581. The first-order valence-electron chi connectivity index (χ1n) is 12.5. The first-order valence-corrected chi connectivity index (χ1v) is 12.5. The van der Waals surface area contributed by atoms with Gasteiger partial charge < -0.3 is 23.8 Å². The van der Waals surface area contributed by atoms with Gasteiger partial charge in [0.05, 0.1) is 38.1 Å². The van der Waals surface area contributed by atoms with Crippen molar-refractivity contribution in [3.63, 3.8) is 0 Å². The number of ether oxygens (including phenoxy) is 4. The molecule has 3 unspecified atom stereocenters. The van der Waals surface area contributed by atoms with E-state index in [1.807, 2.05) is 110 Å². The van der Waals surface area contributed by atoms with Crippen molar-refractivity contribution in [3.05, 3.63) is 119 Å². The summed E-state index contributed by atoms with van der Waals surface area (Å²) < 4.78 is 25.4. The van der Waals surface area contributed by atoms with Crippen LogP contribution >= 0.6 is 0 Å². The topological polar surface area (TPSA) is 64.0 Å². The highest BCUT2D eigenvalue weighted by molar-refractivity contribution is 5.29. The van der Waals surface area contributed by atoms with Crippen molar-refractivity contribution < 1.29 is 18.9 Å². The van der Waals surface area contributed by atoms with E-state index in [0.717, 1.165) is 16.7 Å². The largest absolute Gasteiger partial charge is 0.383 e. The predicted molar refractivity (Wildman–Crippen MR) is 142 cm³/mol. The Morgan fingerprint density at radius 3 is 1.76 bits per heavy atom. The molecule has 0 amide bonds. The standard InChI is InChI=1S/C31H34N2O4/c1-33(2)19-27(18-32)29-31(36-22-26-16-10-5-11-17-26)30(35-21-25-14-8-4-9-15-25)28(37-29)23-34-20-24-12-6-3-7-13-24/h3-17,19,28-31H,20-23H2,1-2H3/t28-,29?,30?,31?/m1/s1. The number of benzene rings is 3. The summed E-state index contributed by atoms with van der Waals surface area (Å²) in [5.41, 5.74) is 3.67. The van der Waals surface area contributed by atoms with Crippen LogP contribution in [0.15, 0.2) is 103 Å². The Bertz CT molecular complexity index is 1150. The van der Waals surface area contributed by atoms with Gasteiger partial charge in [0.15, 0.2) is 0 Å². The van der Waals surface area contributed by atoms with E-state index in [-0.39, 0.29) is 0 Å². The average Bonchev–Trinajstić information content (AvgIpc) is 3.28. The molecule has 0 aromatic heterocycles. The maximum absolute atomic E-state index is 9.99. The van der Waals surface area contributed by atoms with E-state index < -0.39 is 24.4 Å². The summed E-state index contributed by atoms with van der Waals surface area (Å²) in [4.78, 5) is 1.84. The molecule has 3 aromatic carbocycles. The molecular formula is C31H34N2O4. The maximum Gasteiger partial charge on any atom is 0.123 e. The lowest BCUT2D eigenvalue weighted by molar-refractivity contribution is -0.0896. The van der Waals surface area contributed by atoms with Gasteiger partial charge in [0.25, 0.3) is 0 Å². The minimum absolute atomic E-state index is 0.316. The van der Waals surface area contributed by atoms with Crippen LogP contribution in [0.3, 0.4) is 0 Å². The summed E-state index contributed by atoms with van der Waals surface area (Å²) in [6, 6.07) is 32.3. The van der Waals surface area contributed by atoms with Crippen molar-refractivity contribution in [1.82, 2.24) is 4.90 Å². The Kier molecular flexibility index (Phi) is 9.87. The van der Waals surface area contributed by atoms with Crippen LogP contribution in [0, 0.1) is 11.3 Å². The summed E-state index contributed by atoms with van der Waals surface area (Å²) in [6.07, 6.45) is -0.117. The molecule has 4 rings (SSSR count). The average molecular weight is 499 g/mol. The van der Waals surface area contributed by atoms with Crippen LogP contribution < -0.4 is 0 Å². The second-order valence-electron chi connectivity index (χ2n) is 9.28. The van der Waals surface area contributed by atoms with Crippen molar-refractivity contribution in [2.75, 3.05) is 20.7 Å². The van der Waals surface area contributed by atoms with E-state index in [4.69, 9.17) is 18.9 Å². The Hall–Kier alpha value is -3.47. The third kappa shape index (κ3) is 7.75. The van der Waals surface area contributed by atoms with Gasteiger partial charge in [-0.05, 0) is 16.7 Å². The molecule has 37 heavy (non-hydrogen) atoms. The highest BCUT2D eigenvalue weighted by Gasteiger charge is 2.48. The molecule has 0 bridgehead atoms. The highest BCUT2D eigenvalue weighted by atomic mass is 16.6. The molecule has 0 spiro atoms. The SMILES string of the molecule is CN(C)C=C(C#N)C1O[C@H](COCc2ccccc2)C(OCc2ccccc2)C1OCc1ccccc1. The number of nitrogens with zero attached hydrogens (tertiary/aromatic N) is 2. The molecule has 0 N–H and O–H groups in total. The summed E-state index contributed by atoms with van der Waals surface area (Å²) in [5.74, 6) is 0. The Morgan fingerprint density at radius 1 is 0.784 bits per heavy atom. The van der Waals surface area contributed by atoms with Crippen molar-refractivity contribution in [3.8, 4) is 6.07 Å². The lowest BCUT2D eigenvalue weighted by Gasteiger charge is -2.25. The van der Waals surface area contributed by atoms with Gasteiger partial charge in [0, 0.05) is 20.3 Å². The van der Waals surface area contributed by atoms with Crippen LogP contribution in [0.2, 0.25) is 0 Å². The third-order valence-electron chi connectivity index (χ3n) is 6.11. The molecule has 6 nitrogen and oxygen atoms in total. The van der Waals surface area contributed by atoms with E-state index in [0.29, 0.717) is 32.0 Å². The zero-order chi connectivity index (χ0) is 25.9. The van der Waals surface area contributed by atoms with Gasteiger partial charge in [-0.15, -0.1) is 0 Å². The molecule has 1 fully saturated rings. The molecule has 1 heterocycles. The second-order valence-corrected chi connectivity index (χ2v) is 9.28. The van der Waals surface area contributed by atoms with Gasteiger partial charge in [0.1, 0.15) is 24.4 Å². The smallest absolute Gasteiger partial charge is 0.123 e. The number of nitriles is 1. The molecular weight excluding hydrogens is 464 g/mol. The zero-order valence-corrected chi connectivity index (χ0v) is 21.4. The van der Waals surface area contributed by atoms with Crippen LogP contribution in [-0.2, 0) is 38.8 Å². The van der Waals surface area contributed by atoms with E-state index in [2.05, 4.69) is 6.07 Å². The van der Waals surface area contributed by atoms with Crippen LogP contribution in [0.1, 0.15) is 16.7 Å². The number of hydrogen-bond donors (Lipinski definition) is 0. The molecule has 1 saturated heterocycles. The molecule has 0 saturated carbocycles. The van der Waals surface area contributed by atoms with E-state index in [1.54, 1.807) is 6.20 Å². The Morgan fingerprint density at radius 2 is 1.27 bits per heavy atom. The normalized spacial score (nSPS) is 21.5. The van der Waals surface area contributed by atoms with Crippen molar-refractivity contribution in [2.45, 2.75) is 44.2 Å². The number of hydrogen-bond acceptors (Lipinski definition) is 6. The van der Waals surface area contributed by atoms with Crippen LogP contribution in [-0.4, -0.2) is 50.0 Å². The quantitative estimate of drug-likeness (QED) is 0.324. The minimum Gasteiger partial charge on any atom is -0.383 e. The first kappa shape index (κ1) is 26.6. The van der Waals surface area contributed by atoms with E-state index in [9.17, 15) is 5.26 Å². The molecule has 3 aromatic rings. The molecule has 6 heteroatoms. The molecule has 192 valence electrons. The summed E-state index contributed by atoms with van der Waals surface area (Å²) in [7, 11) is 3.77. The highest BCUT2D eigenvalue weighted by Crippen LogP contribution is 2.33. The molecule has 4 atom stereocenters. The Labute approximate surface area is 219 Å². The fourth-order valence-electron chi connectivity index (χ4n) is 4.34. The van der Waals surface area contributed by atoms with Gasteiger partial charge in [-0.3, -0.25) is 0 Å². The summed E-state index contributed by atoms with van der Waals surface area (Å²) in [6.45, 7) is 1.57. The van der Waals surface area contributed by atoms with Crippen molar-refractivity contribution >= 4 is 0 Å². The first-order chi connectivity index (χ1) is 18.1. The monoisotopic (exact) mass is 498 g/mol. The van der Waals surface area contributed by atoms with Gasteiger partial charge in [-0.1, -0.05) is 91.0 Å². The second kappa shape index (κ2) is 13.7. The third-order valence-corrected chi connectivity index (χ3v) is 6.11. The molecule has 0 radical (unpaired) electrons. The Balaban J connectivity index is 1.56. The van der Waals surface area contributed by atoms with Gasteiger partial charge in [-0.2, -0.15) is 5.26 Å². The van der Waals surface area contributed by atoms with Crippen LogP contribution in [0.4, 0.5) is 0 Å². The molecule has 1 aliphatic heterocycles. The maximum atomic E-state index is 9.99. The summed E-state index contributed by atoms with van der Waals surface area (Å²) >= 11 is 0. The molecule has 0 aliphatic carbocycles. The van der Waals surface area contributed by atoms with Gasteiger partial charge in [-0.25, -0.2) is 0 Å². The van der Waals surface area contributed by atoms with E-state index >= 15 is 0 Å². The predicted octanol–water partition coefficient (Wildman–Crippen LogP) is 5.11. The lowest BCUT2D eigenvalue weighted by atomic mass is 10.0. The fraction of sp³-hybridized carbons (Fsp3) is 0.323.